The molecule has 1 aromatic carbocycles. The zero-order chi connectivity index (χ0) is 19.9. The molecular formula is C21H32Cl2N2OS. The molecule has 0 aromatic heterocycles. The first kappa shape index (κ1) is 24.2. The van der Waals surface area contributed by atoms with Gasteiger partial charge in [0.2, 0.25) is 5.91 Å². The molecule has 0 heterocycles. The van der Waals surface area contributed by atoms with Crippen LogP contribution in [0.1, 0.15) is 84.0 Å². The normalized spacial score (nSPS) is 10.6. The molecule has 0 atom stereocenters. The van der Waals surface area contributed by atoms with Gasteiger partial charge in [-0.3, -0.25) is 4.79 Å². The molecule has 1 aromatic rings. The minimum Gasteiger partial charge on any atom is -0.331 e. The second-order valence-electron chi connectivity index (χ2n) is 6.89. The highest BCUT2D eigenvalue weighted by Crippen LogP contribution is 2.29. The van der Waals surface area contributed by atoms with Crippen LogP contribution in [0.4, 0.5) is 5.69 Å². The molecule has 2 N–H and O–H groups in total. The molecule has 27 heavy (non-hydrogen) atoms. The van der Waals surface area contributed by atoms with Crippen LogP contribution < -0.4 is 10.6 Å². The Labute approximate surface area is 179 Å². The predicted molar refractivity (Wildman–Crippen MR) is 122 cm³/mol. The summed E-state index contributed by atoms with van der Waals surface area (Å²) in [4.78, 5) is 12.0. The fourth-order valence-electron chi connectivity index (χ4n) is 2.89. The van der Waals surface area contributed by atoms with E-state index in [4.69, 9.17) is 35.4 Å². The summed E-state index contributed by atoms with van der Waals surface area (Å²) in [5.41, 5.74) is 0.587. The van der Waals surface area contributed by atoms with Gasteiger partial charge in [-0.15, -0.1) is 0 Å². The summed E-state index contributed by atoms with van der Waals surface area (Å²) in [6, 6.07) is 5.23. The molecule has 0 aliphatic rings. The van der Waals surface area contributed by atoms with E-state index < -0.39 is 0 Å². The molecule has 0 spiro atoms. The fraction of sp³-hybridized carbons (Fsp3) is 0.619. The van der Waals surface area contributed by atoms with Crippen LogP contribution in [-0.2, 0) is 4.79 Å². The Morgan fingerprint density at radius 3 is 2.07 bits per heavy atom. The Hall–Kier alpha value is -0.840. The predicted octanol–water partition coefficient (Wildman–Crippen LogP) is 7.51. The summed E-state index contributed by atoms with van der Waals surface area (Å²) < 4.78 is 0. The molecule has 0 unspecified atom stereocenters. The third-order valence-electron chi connectivity index (χ3n) is 4.46. The highest BCUT2D eigenvalue weighted by atomic mass is 35.5. The van der Waals surface area contributed by atoms with Crippen molar-refractivity contribution in [1.82, 2.24) is 5.32 Å². The molecular weight excluding hydrogens is 399 g/mol. The molecule has 0 radical (unpaired) electrons. The Morgan fingerprint density at radius 2 is 1.48 bits per heavy atom. The lowest BCUT2D eigenvalue weighted by Crippen LogP contribution is -2.34. The molecule has 1 amide bonds. The number of carbonyl (C=O) groups is 1. The van der Waals surface area contributed by atoms with Crippen LogP contribution in [0.5, 0.6) is 0 Å². The standard InChI is InChI=1S/C21H32Cl2N2OS/c1-2-3-4-5-6-7-8-9-10-11-12-16-19(26)25-21(27)24-18-15-13-14-17(22)20(18)23/h13-15H,2-12,16H2,1H3,(H2,24,25,26,27). The van der Waals surface area contributed by atoms with E-state index >= 15 is 0 Å². The maximum Gasteiger partial charge on any atom is 0.226 e. The summed E-state index contributed by atoms with van der Waals surface area (Å²) in [6.07, 6.45) is 14.4. The molecule has 3 nitrogen and oxygen atoms in total. The first-order valence-corrected chi connectivity index (χ1v) is 11.3. The minimum absolute atomic E-state index is 0.0680. The highest BCUT2D eigenvalue weighted by Gasteiger charge is 2.08. The number of hydrogen-bond donors (Lipinski definition) is 2. The van der Waals surface area contributed by atoms with Crippen molar-refractivity contribution in [1.29, 1.82) is 0 Å². The molecule has 0 fully saturated rings. The molecule has 0 aliphatic heterocycles. The smallest absolute Gasteiger partial charge is 0.226 e. The van der Waals surface area contributed by atoms with Crippen LogP contribution in [0.3, 0.4) is 0 Å². The lowest BCUT2D eigenvalue weighted by Gasteiger charge is -2.11. The lowest BCUT2D eigenvalue weighted by molar-refractivity contribution is -0.119. The van der Waals surface area contributed by atoms with E-state index in [0.29, 0.717) is 22.2 Å². The summed E-state index contributed by atoms with van der Waals surface area (Å²) in [7, 11) is 0. The Bertz CT molecular complexity index is 581. The van der Waals surface area contributed by atoms with Gasteiger partial charge in [0.1, 0.15) is 0 Å². The van der Waals surface area contributed by atoms with E-state index in [0.717, 1.165) is 12.8 Å². The van der Waals surface area contributed by atoms with Gasteiger partial charge in [0.15, 0.2) is 5.11 Å². The van der Waals surface area contributed by atoms with Crippen molar-refractivity contribution >= 4 is 52.1 Å². The van der Waals surface area contributed by atoms with Crippen molar-refractivity contribution in [2.75, 3.05) is 5.32 Å². The first-order valence-electron chi connectivity index (χ1n) is 10.1. The van der Waals surface area contributed by atoms with Gasteiger partial charge in [-0.2, -0.15) is 0 Å². The third-order valence-corrected chi connectivity index (χ3v) is 5.48. The molecule has 0 bridgehead atoms. The van der Waals surface area contributed by atoms with Crippen molar-refractivity contribution in [3.8, 4) is 0 Å². The number of thiocarbonyl (C=S) groups is 1. The van der Waals surface area contributed by atoms with E-state index in [-0.39, 0.29) is 11.0 Å². The quantitative estimate of drug-likeness (QED) is 0.251. The maximum atomic E-state index is 12.0. The lowest BCUT2D eigenvalue weighted by atomic mass is 10.1. The van der Waals surface area contributed by atoms with Gasteiger partial charge in [0.05, 0.1) is 15.7 Å². The monoisotopic (exact) mass is 430 g/mol. The van der Waals surface area contributed by atoms with Crippen LogP contribution in [0.15, 0.2) is 18.2 Å². The number of nitrogens with one attached hydrogen (secondary N) is 2. The maximum absolute atomic E-state index is 12.0. The van der Waals surface area contributed by atoms with Gasteiger partial charge in [0.25, 0.3) is 0 Å². The highest BCUT2D eigenvalue weighted by molar-refractivity contribution is 7.80. The zero-order valence-electron chi connectivity index (χ0n) is 16.3. The van der Waals surface area contributed by atoms with Gasteiger partial charge in [-0.05, 0) is 30.8 Å². The molecule has 152 valence electrons. The Morgan fingerprint density at radius 1 is 0.926 bits per heavy atom. The number of halogens is 2. The van der Waals surface area contributed by atoms with E-state index in [9.17, 15) is 4.79 Å². The summed E-state index contributed by atoms with van der Waals surface area (Å²) >= 11 is 17.2. The largest absolute Gasteiger partial charge is 0.331 e. The average Bonchev–Trinajstić information content (AvgIpc) is 2.63. The summed E-state index contributed by atoms with van der Waals surface area (Å²) in [6.45, 7) is 2.25. The SMILES string of the molecule is CCCCCCCCCCCCCC(=O)NC(=S)Nc1cccc(Cl)c1Cl. The van der Waals surface area contributed by atoms with Crippen molar-refractivity contribution in [3.05, 3.63) is 28.2 Å². The molecule has 0 saturated carbocycles. The Kier molecular flexibility index (Phi) is 13.6. The first-order chi connectivity index (χ1) is 13.0. The van der Waals surface area contributed by atoms with Gasteiger partial charge in [-0.1, -0.05) is 100 Å². The average molecular weight is 431 g/mol. The number of carbonyl (C=O) groups excluding carboxylic acids is 1. The number of anilines is 1. The minimum atomic E-state index is -0.0680. The Balaban J connectivity index is 2.04. The second-order valence-corrected chi connectivity index (χ2v) is 8.08. The summed E-state index contributed by atoms with van der Waals surface area (Å²) in [5, 5.41) is 6.67. The van der Waals surface area contributed by atoms with Crippen molar-refractivity contribution in [2.45, 2.75) is 84.0 Å². The fourth-order valence-corrected chi connectivity index (χ4v) is 3.46. The molecule has 0 saturated heterocycles. The number of hydrogen-bond acceptors (Lipinski definition) is 2. The van der Waals surface area contributed by atoms with E-state index in [1.807, 2.05) is 0 Å². The van der Waals surface area contributed by atoms with Gasteiger partial charge >= 0.3 is 0 Å². The van der Waals surface area contributed by atoms with Crippen molar-refractivity contribution in [2.24, 2.45) is 0 Å². The zero-order valence-corrected chi connectivity index (χ0v) is 18.6. The summed E-state index contributed by atoms with van der Waals surface area (Å²) in [5.74, 6) is -0.0680. The number of unbranched alkanes of at least 4 members (excludes halogenated alkanes) is 10. The van der Waals surface area contributed by atoms with Gasteiger partial charge in [-0.25, -0.2) is 0 Å². The van der Waals surface area contributed by atoms with Crippen LogP contribution in [0.2, 0.25) is 10.0 Å². The molecule has 0 aliphatic carbocycles. The molecule has 1 rings (SSSR count). The molecule has 6 heteroatoms. The van der Waals surface area contributed by atoms with Crippen LogP contribution >= 0.6 is 35.4 Å². The van der Waals surface area contributed by atoms with E-state index in [2.05, 4.69) is 17.6 Å². The number of benzene rings is 1. The topological polar surface area (TPSA) is 41.1 Å². The van der Waals surface area contributed by atoms with Gasteiger partial charge < -0.3 is 10.6 Å². The van der Waals surface area contributed by atoms with Crippen LogP contribution in [-0.4, -0.2) is 11.0 Å². The number of amides is 1. The van der Waals surface area contributed by atoms with Gasteiger partial charge in [0, 0.05) is 6.42 Å². The van der Waals surface area contributed by atoms with E-state index in [1.165, 1.54) is 57.8 Å². The van der Waals surface area contributed by atoms with Crippen molar-refractivity contribution < 1.29 is 4.79 Å². The van der Waals surface area contributed by atoms with Crippen LogP contribution in [0, 0.1) is 0 Å². The number of rotatable bonds is 13. The van der Waals surface area contributed by atoms with E-state index in [1.54, 1.807) is 18.2 Å². The van der Waals surface area contributed by atoms with Crippen LogP contribution in [0.25, 0.3) is 0 Å². The third kappa shape index (κ3) is 11.6. The van der Waals surface area contributed by atoms with Crippen molar-refractivity contribution in [3.63, 3.8) is 0 Å². The second kappa shape index (κ2) is 15.1.